The van der Waals surface area contributed by atoms with Crippen LogP contribution in [0, 0.1) is 5.82 Å². The Labute approximate surface area is 270 Å². The van der Waals surface area contributed by atoms with E-state index in [0.717, 1.165) is 4.68 Å². The standard InChI is InChI=1S/C35H37FN6O5/c1-34(2,19-37-5)22-14-21-12-13-42(33(46)31(21)26(36)15-22)29-9-7-8-24(25(29)18-43)27-16-28(32(45)41(6)40-27)39-30-11-10-23(17-38-30)47-35(3,4)20-44/h7-17,43-44H,5,18-20H2,1-4,6H3,(H,38,39). The third-order valence-corrected chi connectivity index (χ3v) is 7.93. The number of ether oxygens (including phenoxy) is 1. The van der Waals surface area contributed by atoms with Crippen molar-refractivity contribution in [3.63, 3.8) is 0 Å². The fraction of sp³-hybridized carbons (Fsp3) is 0.286. The van der Waals surface area contributed by atoms with Crippen LogP contribution in [-0.2, 0) is 19.1 Å². The molecule has 0 saturated heterocycles. The lowest BCUT2D eigenvalue weighted by Crippen LogP contribution is -2.32. The lowest BCUT2D eigenvalue weighted by Gasteiger charge is -2.23. The zero-order chi connectivity index (χ0) is 34.1. The molecule has 0 radical (unpaired) electrons. The second-order valence-electron chi connectivity index (χ2n) is 12.5. The molecule has 3 aromatic heterocycles. The normalized spacial score (nSPS) is 11.9. The fourth-order valence-electron chi connectivity index (χ4n) is 5.32. The lowest BCUT2D eigenvalue weighted by atomic mass is 9.83. The van der Waals surface area contributed by atoms with Gasteiger partial charge in [-0.2, -0.15) is 5.10 Å². The van der Waals surface area contributed by atoms with E-state index in [1.807, 2.05) is 13.8 Å². The van der Waals surface area contributed by atoms with Crippen molar-refractivity contribution in [3.05, 3.63) is 105 Å². The number of aliphatic hydroxyl groups excluding tert-OH is 2. The molecule has 12 heteroatoms. The number of nitrogens with zero attached hydrogens (tertiary/aromatic N) is 5. The Morgan fingerprint density at radius 3 is 2.47 bits per heavy atom. The highest BCUT2D eigenvalue weighted by molar-refractivity contribution is 5.84. The number of aliphatic hydroxyl groups is 2. The van der Waals surface area contributed by atoms with E-state index in [9.17, 15) is 19.8 Å². The van der Waals surface area contributed by atoms with Crippen LogP contribution in [0.25, 0.3) is 27.7 Å². The molecule has 0 spiro atoms. The summed E-state index contributed by atoms with van der Waals surface area (Å²) in [7, 11) is 1.50. The molecule has 3 heterocycles. The topological polar surface area (TPSA) is 144 Å². The first kappa shape index (κ1) is 33.2. The highest BCUT2D eigenvalue weighted by Crippen LogP contribution is 2.31. The largest absolute Gasteiger partial charge is 0.484 e. The zero-order valence-electron chi connectivity index (χ0n) is 26.9. The first-order valence-corrected chi connectivity index (χ1v) is 14.9. The molecule has 5 rings (SSSR count). The maximum Gasteiger partial charge on any atom is 0.290 e. The van der Waals surface area contributed by atoms with Crippen molar-refractivity contribution in [1.82, 2.24) is 19.3 Å². The number of benzene rings is 2. The third-order valence-electron chi connectivity index (χ3n) is 7.93. The van der Waals surface area contributed by atoms with Gasteiger partial charge in [-0.25, -0.2) is 14.1 Å². The van der Waals surface area contributed by atoms with E-state index < -0.39 is 34.6 Å². The lowest BCUT2D eigenvalue weighted by molar-refractivity contribution is 0.0410. The number of hydrogen-bond acceptors (Lipinski definition) is 9. The van der Waals surface area contributed by atoms with Crippen LogP contribution < -0.4 is 21.2 Å². The van der Waals surface area contributed by atoms with Gasteiger partial charge in [-0.05, 0) is 67.9 Å². The van der Waals surface area contributed by atoms with Crippen molar-refractivity contribution in [2.24, 2.45) is 12.0 Å². The van der Waals surface area contributed by atoms with Crippen LogP contribution in [-0.4, -0.2) is 55.0 Å². The molecular formula is C35H37FN6O5. The van der Waals surface area contributed by atoms with Crippen molar-refractivity contribution in [2.45, 2.75) is 45.3 Å². The summed E-state index contributed by atoms with van der Waals surface area (Å²) in [6.07, 6.45) is 3.02. The molecule has 0 bridgehead atoms. The zero-order valence-corrected chi connectivity index (χ0v) is 26.9. The Morgan fingerprint density at radius 2 is 1.81 bits per heavy atom. The maximum atomic E-state index is 15.5. The average Bonchev–Trinajstić information content (AvgIpc) is 3.03. The van der Waals surface area contributed by atoms with E-state index in [1.165, 1.54) is 29.9 Å². The monoisotopic (exact) mass is 640 g/mol. The molecule has 0 aliphatic carbocycles. The van der Waals surface area contributed by atoms with Gasteiger partial charge >= 0.3 is 0 Å². The van der Waals surface area contributed by atoms with E-state index in [2.05, 4.69) is 27.1 Å². The average molecular weight is 641 g/mol. The SMILES string of the molecule is C=NCC(C)(C)c1cc(F)c2c(=O)n(-c3cccc(-c4cc(Nc5ccc(OC(C)(C)CO)cn5)c(=O)n(C)n4)c3CO)ccc2c1. The maximum absolute atomic E-state index is 15.5. The molecule has 0 unspecified atom stereocenters. The van der Waals surface area contributed by atoms with Gasteiger partial charge in [0.05, 0.1) is 36.2 Å². The minimum Gasteiger partial charge on any atom is -0.484 e. The molecule has 0 amide bonds. The van der Waals surface area contributed by atoms with Gasteiger partial charge in [0.25, 0.3) is 11.1 Å². The van der Waals surface area contributed by atoms with Gasteiger partial charge in [0.15, 0.2) is 0 Å². The molecule has 2 aromatic carbocycles. The third kappa shape index (κ3) is 6.69. The number of hydrogen-bond donors (Lipinski definition) is 3. The van der Waals surface area contributed by atoms with Crippen LogP contribution >= 0.6 is 0 Å². The van der Waals surface area contributed by atoms with E-state index in [1.54, 1.807) is 62.5 Å². The van der Waals surface area contributed by atoms with Gasteiger partial charge in [-0.15, -0.1) is 0 Å². The van der Waals surface area contributed by atoms with E-state index in [-0.39, 0.29) is 17.7 Å². The number of halogens is 1. The molecule has 244 valence electrons. The van der Waals surface area contributed by atoms with Crippen molar-refractivity contribution in [3.8, 4) is 22.7 Å². The van der Waals surface area contributed by atoms with Crippen LogP contribution in [0.3, 0.4) is 0 Å². The number of anilines is 2. The highest BCUT2D eigenvalue weighted by Gasteiger charge is 2.24. The smallest absolute Gasteiger partial charge is 0.290 e. The van der Waals surface area contributed by atoms with Crippen LogP contribution in [0.5, 0.6) is 5.75 Å². The molecule has 5 aromatic rings. The summed E-state index contributed by atoms with van der Waals surface area (Å²) in [5.74, 6) is 0.151. The van der Waals surface area contributed by atoms with Crippen LogP contribution in [0.4, 0.5) is 15.9 Å². The van der Waals surface area contributed by atoms with Crippen molar-refractivity contribution in [1.29, 1.82) is 0 Å². The van der Waals surface area contributed by atoms with Gasteiger partial charge in [0.1, 0.15) is 28.7 Å². The predicted octanol–water partition coefficient (Wildman–Crippen LogP) is 4.65. The fourth-order valence-corrected chi connectivity index (χ4v) is 5.32. The Hall–Kier alpha value is -5.20. The second-order valence-corrected chi connectivity index (χ2v) is 12.5. The summed E-state index contributed by atoms with van der Waals surface area (Å²) in [4.78, 5) is 35.1. The first-order chi connectivity index (χ1) is 22.3. The predicted molar refractivity (Wildman–Crippen MR) is 181 cm³/mol. The molecule has 0 atom stereocenters. The van der Waals surface area contributed by atoms with Crippen molar-refractivity contribution in [2.75, 3.05) is 18.5 Å². The minimum absolute atomic E-state index is 0.0801. The van der Waals surface area contributed by atoms with Crippen LogP contribution in [0.1, 0.15) is 38.8 Å². The number of nitrogens with one attached hydrogen (secondary N) is 1. The van der Waals surface area contributed by atoms with Gasteiger partial charge in [-0.1, -0.05) is 32.0 Å². The summed E-state index contributed by atoms with van der Waals surface area (Å²) in [5.41, 5.74) is 0.0759. The van der Waals surface area contributed by atoms with Crippen molar-refractivity contribution >= 4 is 29.0 Å². The molecule has 0 aliphatic rings. The van der Waals surface area contributed by atoms with E-state index in [0.29, 0.717) is 51.6 Å². The number of aliphatic imine (C=N–C) groups is 1. The van der Waals surface area contributed by atoms with Crippen molar-refractivity contribution < 1.29 is 19.3 Å². The molecule has 0 saturated carbocycles. The van der Waals surface area contributed by atoms with Gasteiger partial charge in [-0.3, -0.25) is 14.2 Å². The molecule has 47 heavy (non-hydrogen) atoms. The number of aryl methyl sites for hydroxylation is 1. The van der Waals surface area contributed by atoms with Crippen LogP contribution in [0.15, 0.2) is 81.6 Å². The molecule has 11 nitrogen and oxygen atoms in total. The van der Waals surface area contributed by atoms with E-state index in [4.69, 9.17) is 4.74 Å². The Bertz CT molecular complexity index is 2090. The summed E-state index contributed by atoms with van der Waals surface area (Å²) in [6, 6.07) is 14.7. The number of pyridine rings is 2. The minimum atomic E-state index is -0.790. The quantitative estimate of drug-likeness (QED) is 0.177. The van der Waals surface area contributed by atoms with E-state index >= 15 is 4.39 Å². The highest BCUT2D eigenvalue weighted by atomic mass is 19.1. The van der Waals surface area contributed by atoms with Crippen LogP contribution in [0.2, 0.25) is 0 Å². The molecular weight excluding hydrogens is 603 g/mol. The number of fused-ring (bicyclic) bond motifs is 1. The molecule has 0 fully saturated rings. The number of aromatic nitrogens is 4. The van der Waals surface area contributed by atoms with Gasteiger partial charge < -0.3 is 25.3 Å². The molecule has 0 aliphatic heterocycles. The summed E-state index contributed by atoms with van der Waals surface area (Å²) >= 11 is 0. The Balaban J connectivity index is 1.55. The Morgan fingerprint density at radius 1 is 1.04 bits per heavy atom. The summed E-state index contributed by atoms with van der Waals surface area (Å²) < 4.78 is 23.7. The van der Waals surface area contributed by atoms with Gasteiger partial charge in [0, 0.05) is 36.3 Å². The summed E-state index contributed by atoms with van der Waals surface area (Å²) in [5, 5.41) is 27.8. The molecule has 3 N–H and O–H groups in total. The summed E-state index contributed by atoms with van der Waals surface area (Å²) in [6.45, 7) is 10.6. The second kappa shape index (κ2) is 12.9. The Kier molecular flexibility index (Phi) is 9.10. The first-order valence-electron chi connectivity index (χ1n) is 14.9. The van der Waals surface area contributed by atoms with Gasteiger partial charge in [0.2, 0.25) is 0 Å². The number of rotatable bonds is 11.